The van der Waals surface area contributed by atoms with Gasteiger partial charge in [-0.15, -0.1) is 0 Å². The number of sulfonamides is 1. The standard InChI is InChI=1S/C13H21N5O2S/c1-5-11-13(21(14,19)20)12(6-2)18(16-11)8-10-7-9(3)15-17(10)4/h7H,5-6,8H2,1-4H3,(H2,14,19,20). The van der Waals surface area contributed by atoms with Crippen LogP contribution in [-0.4, -0.2) is 28.0 Å². The quantitative estimate of drug-likeness (QED) is 0.881. The lowest BCUT2D eigenvalue weighted by Gasteiger charge is -2.07. The van der Waals surface area contributed by atoms with Crippen LogP contribution in [0.5, 0.6) is 0 Å². The molecule has 21 heavy (non-hydrogen) atoms. The third-order valence-corrected chi connectivity index (χ3v) is 4.48. The second kappa shape index (κ2) is 5.61. The van der Waals surface area contributed by atoms with Crippen LogP contribution in [0.3, 0.4) is 0 Å². The van der Waals surface area contributed by atoms with E-state index in [2.05, 4.69) is 10.2 Å². The minimum atomic E-state index is -3.77. The summed E-state index contributed by atoms with van der Waals surface area (Å²) >= 11 is 0. The van der Waals surface area contributed by atoms with E-state index in [1.165, 1.54) is 0 Å². The van der Waals surface area contributed by atoms with Gasteiger partial charge in [0, 0.05) is 7.05 Å². The van der Waals surface area contributed by atoms with E-state index in [-0.39, 0.29) is 4.90 Å². The number of primary sulfonamides is 1. The van der Waals surface area contributed by atoms with Crippen LogP contribution in [0.15, 0.2) is 11.0 Å². The summed E-state index contributed by atoms with van der Waals surface area (Å²) in [5.41, 5.74) is 3.05. The summed E-state index contributed by atoms with van der Waals surface area (Å²) in [7, 11) is -1.91. The van der Waals surface area contributed by atoms with E-state index < -0.39 is 10.0 Å². The number of nitrogens with zero attached hydrogens (tertiary/aromatic N) is 4. The predicted octanol–water partition coefficient (Wildman–Crippen LogP) is 0.746. The lowest BCUT2D eigenvalue weighted by Crippen LogP contribution is -2.16. The molecule has 0 bridgehead atoms. The number of aromatic nitrogens is 4. The molecule has 0 aliphatic heterocycles. The zero-order valence-corrected chi connectivity index (χ0v) is 13.6. The summed E-state index contributed by atoms with van der Waals surface area (Å²) in [6.45, 7) is 6.16. The highest BCUT2D eigenvalue weighted by molar-refractivity contribution is 7.89. The molecule has 0 aliphatic rings. The van der Waals surface area contributed by atoms with Gasteiger partial charge >= 0.3 is 0 Å². The maximum atomic E-state index is 11.8. The molecule has 0 aliphatic carbocycles. The first kappa shape index (κ1) is 15.7. The highest BCUT2D eigenvalue weighted by Gasteiger charge is 2.24. The van der Waals surface area contributed by atoms with E-state index in [1.807, 2.05) is 33.9 Å². The van der Waals surface area contributed by atoms with Gasteiger partial charge in [0.15, 0.2) is 0 Å². The van der Waals surface area contributed by atoms with Crippen LogP contribution in [0.4, 0.5) is 0 Å². The summed E-state index contributed by atoms with van der Waals surface area (Å²) in [5, 5.41) is 14.1. The van der Waals surface area contributed by atoms with E-state index in [1.54, 1.807) is 9.36 Å². The van der Waals surface area contributed by atoms with E-state index in [0.29, 0.717) is 30.8 Å². The molecule has 0 saturated heterocycles. The average Bonchev–Trinajstić information content (AvgIpc) is 2.89. The Hall–Kier alpha value is -1.67. The van der Waals surface area contributed by atoms with E-state index in [9.17, 15) is 8.42 Å². The van der Waals surface area contributed by atoms with Crippen LogP contribution < -0.4 is 5.14 Å². The SMILES string of the molecule is CCc1nn(Cc2cc(C)nn2C)c(CC)c1S(N)(=O)=O. The van der Waals surface area contributed by atoms with E-state index in [0.717, 1.165) is 11.4 Å². The van der Waals surface area contributed by atoms with Gasteiger partial charge in [-0.1, -0.05) is 13.8 Å². The van der Waals surface area contributed by atoms with Gasteiger partial charge in [0.05, 0.1) is 29.3 Å². The van der Waals surface area contributed by atoms with Crippen LogP contribution in [0.25, 0.3) is 0 Å². The Labute approximate surface area is 124 Å². The molecule has 0 radical (unpaired) electrons. The van der Waals surface area contributed by atoms with E-state index >= 15 is 0 Å². The first-order valence-electron chi connectivity index (χ1n) is 6.88. The van der Waals surface area contributed by atoms with Crippen LogP contribution in [0, 0.1) is 6.92 Å². The minimum absolute atomic E-state index is 0.173. The molecule has 0 fully saturated rings. The Bertz CT molecular complexity index is 758. The maximum absolute atomic E-state index is 11.8. The number of hydrogen-bond donors (Lipinski definition) is 1. The highest BCUT2D eigenvalue weighted by Crippen LogP contribution is 2.21. The highest BCUT2D eigenvalue weighted by atomic mass is 32.2. The van der Waals surface area contributed by atoms with Gasteiger partial charge in [-0.25, -0.2) is 13.6 Å². The smallest absolute Gasteiger partial charge is 0.241 e. The maximum Gasteiger partial charge on any atom is 0.241 e. The van der Waals surface area contributed by atoms with Gasteiger partial charge in [-0.3, -0.25) is 9.36 Å². The first-order valence-corrected chi connectivity index (χ1v) is 8.43. The topological polar surface area (TPSA) is 95.8 Å². The van der Waals surface area contributed by atoms with Crippen molar-refractivity contribution in [2.45, 2.75) is 45.1 Å². The molecule has 2 N–H and O–H groups in total. The second-order valence-corrected chi connectivity index (χ2v) is 6.53. The number of hydrogen-bond acceptors (Lipinski definition) is 4. The summed E-state index contributed by atoms with van der Waals surface area (Å²) in [6, 6.07) is 1.96. The predicted molar refractivity (Wildman–Crippen MR) is 79.4 cm³/mol. The number of aryl methyl sites for hydroxylation is 3. The van der Waals surface area contributed by atoms with Crippen molar-refractivity contribution >= 4 is 10.0 Å². The van der Waals surface area contributed by atoms with Gasteiger partial charge in [0.1, 0.15) is 4.90 Å². The zero-order valence-electron chi connectivity index (χ0n) is 12.8. The van der Waals surface area contributed by atoms with Crippen molar-refractivity contribution in [2.75, 3.05) is 0 Å². The third-order valence-electron chi connectivity index (χ3n) is 3.44. The Morgan fingerprint density at radius 2 is 1.90 bits per heavy atom. The van der Waals surface area contributed by atoms with Crippen molar-refractivity contribution in [1.82, 2.24) is 19.6 Å². The van der Waals surface area contributed by atoms with Gasteiger partial charge in [0.2, 0.25) is 10.0 Å². The zero-order chi connectivity index (χ0) is 15.8. The van der Waals surface area contributed by atoms with Crippen molar-refractivity contribution < 1.29 is 8.42 Å². The van der Waals surface area contributed by atoms with Gasteiger partial charge < -0.3 is 0 Å². The lowest BCUT2D eigenvalue weighted by molar-refractivity contribution is 0.585. The number of nitrogens with two attached hydrogens (primary N) is 1. The number of rotatable bonds is 5. The molecule has 0 spiro atoms. The largest absolute Gasteiger partial charge is 0.270 e. The molecule has 0 unspecified atom stereocenters. The van der Waals surface area contributed by atoms with Crippen molar-refractivity contribution in [3.63, 3.8) is 0 Å². The monoisotopic (exact) mass is 311 g/mol. The molecule has 116 valence electrons. The molecule has 2 aromatic rings. The average molecular weight is 311 g/mol. The molecule has 2 heterocycles. The van der Waals surface area contributed by atoms with Crippen LogP contribution in [-0.2, 0) is 36.5 Å². The summed E-state index contributed by atoms with van der Waals surface area (Å²) in [5.74, 6) is 0. The molecule has 2 rings (SSSR count). The molecule has 0 amide bonds. The van der Waals surface area contributed by atoms with Gasteiger partial charge in [-0.2, -0.15) is 10.2 Å². The van der Waals surface area contributed by atoms with Crippen molar-refractivity contribution in [2.24, 2.45) is 12.2 Å². The lowest BCUT2D eigenvalue weighted by atomic mass is 10.2. The fourth-order valence-electron chi connectivity index (χ4n) is 2.53. The Kier molecular flexibility index (Phi) is 4.20. The molecule has 0 atom stereocenters. The summed E-state index contributed by atoms with van der Waals surface area (Å²) < 4.78 is 27.2. The minimum Gasteiger partial charge on any atom is -0.270 e. The summed E-state index contributed by atoms with van der Waals surface area (Å²) in [6.07, 6.45) is 1.08. The Morgan fingerprint density at radius 1 is 1.24 bits per heavy atom. The molecule has 7 nitrogen and oxygen atoms in total. The molecular formula is C13H21N5O2S. The van der Waals surface area contributed by atoms with Crippen LogP contribution >= 0.6 is 0 Å². The first-order chi connectivity index (χ1) is 9.77. The van der Waals surface area contributed by atoms with Crippen LogP contribution in [0.1, 0.15) is 36.6 Å². The molecular weight excluding hydrogens is 290 g/mol. The van der Waals surface area contributed by atoms with Crippen LogP contribution in [0.2, 0.25) is 0 Å². The van der Waals surface area contributed by atoms with E-state index in [4.69, 9.17) is 5.14 Å². The fourth-order valence-corrected chi connectivity index (χ4v) is 3.63. The normalized spacial score (nSPS) is 12.0. The molecule has 0 saturated carbocycles. The van der Waals surface area contributed by atoms with Crippen molar-refractivity contribution in [3.8, 4) is 0 Å². The molecule has 2 aromatic heterocycles. The van der Waals surface area contributed by atoms with Crippen molar-refractivity contribution in [1.29, 1.82) is 0 Å². The Morgan fingerprint density at radius 3 is 2.33 bits per heavy atom. The van der Waals surface area contributed by atoms with Gasteiger partial charge in [-0.05, 0) is 25.8 Å². The second-order valence-electron chi connectivity index (χ2n) is 5.03. The van der Waals surface area contributed by atoms with Crippen molar-refractivity contribution in [3.05, 3.63) is 28.8 Å². The van der Waals surface area contributed by atoms with Gasteiger partial charge in [0.25, 0.3) is 0 Å². The Balaban J connectivity index is 2.55. The molecule has 8 heteroatoms. The molecule has 0 aromatic carbocycles. The fraction of sp³-hybridized carbons (Fsp3) is 0.538. The third kappa shape index (κ3) is 3.01. The summed E-state index contributed by atoms with van der Waals surface area (Å²) in [4.78, 5) is 0.173.